The number of rotatable bonds is 2. The van der Waals surface area contributed by atoms with E-state index in [0.717, 1.165) is 40.8 Å². The molecule has 0 fully saturated rings. The maximum atomic E-state index is 11.2. The van der Waals surface area contributed by atoms with Gasteiger partial charge in [-0.1, -0.05) is 36.4 Å². The summed E-state index contributed by atoms with van der Waals surface area (Å²) in [7, 11) is 0. The molecule has 7 heteroatoms. The predicted octanol–water partition coefficient (Wildman–Crippen LogP) is 3.47. The summed E-state index contributed by atoms with van der Waals surface area (Å²) in [6.07, 6.45) is 1.66. The number of benzene rings is 2. The summed E-state index contributed by atoms with van der Waals surface area (Å²) in [5.41, 5.74) is 5.36. The summed E-state index contributed by atoms with van der Waals surface area (Å²) in [6, 6.07) is 16.7. The summed E-state index contributed by atoms with van der Waals surface area (Å²) in [4.78, 5) is 10.8. The van der Waals surface area contributed by atoms with Crippen molar-refractivity contribution in [1.82, 2.24) is 19.8 Å². The van der Waals surface area contributed by atoms with Gasteiger partial charge < -0.3 is 0 Å². The van der Waals surface area contributed by atoms with E-state index >= 15 is 0 Å². The van der Waals surface area contributed by atoms with E-state index < -0.39 is 0 Å². The maximum Gasteiger partial charge on any atom is 0.270 e. The Morgan fingerprint density at radius 1 is 0.962 bits per heavy atom. The van der Waals surface area contributed by atoms with E-state index in [1.54, 1.807) is 16.6 Å². The molecule has 0 bridgehead atoms. The second-order valence-electron chi connectivity index (χ2n) is 6.28. The average molecular weight is 343 g/mol. The van der Waals surface area contributed by atoms with Gasteiger partial charge >= 0.3 is 0 Å². The lowest BCUT2D eigenvalue weighted by Crippen LogP contribution is -2.09. The predicted molar refractivity (Wildman–Crippen MR) is 95.7 cm³/mol. The van der Waals surface area contributed by atoms with Crippen molar-refractivity contribution in [2.24, 2.45) is 0 Å². The lowest BCUT2D eigenvalue weighted by molar-refractivity contribution is -0.384. The Bertz CT molecular complexity index is 1170. The number of fused-ring (bicyclic) bond motifs is 4. The zero-order valence-corrected chi connectivity index (χ0v) is 13.7. The molecule has 0 aliphatic heterocycles. The van der Waals surface area contributed by atoms with Crippen LogP contribution < -0.4 is 0 Å². The van der Waals surface area contributed by atoms with Crippen molar-refractivity contribution >= 4 is 11.3 Å². The first kappa shape index (κ1) is 14.7. The van der Waals surface area contributed by atoms with Crippen LogP contribution in [0.4, 0.5) is 5.69 Å². The first-order chi connectivity index (χ1) is 12.7. The van der Waals surface area contributed by atoms with Crippen LogP contribution >= 0.6 is 0 Å². The van der Waals surface area contributed by atoms with Crippen molar-refractivity contribution < 1.29 is 4.92 Å². The third-order valence-corrected chi connectivity index (χ3v) is 4.73. The van der Waals surface area contributed by atoms with Gasteiger partial charge in [0.05, 0.1) is 10.6 Å². The van der Waals surface area contributed by atoms with Crippen molar-refractivity contribution in [2.45, 2.75) is 12.8 Å². The average Bonchev–Trinajstić information content (AvgIpc) is 3.09. The van der Waals surface area contributed by atoms with Crippen LogP contribution in [-0.2, 0) is 12.8 Å². The maximum absolute atomic E-state index is 11.2. The molecule has 5 rings (SSSR count). The Hall–Kier alpha value is -3.61. The Labute approximate surface area is 148 Å². The number of aryl methyl sites for hydroxylation is 2. The van der Waals surface area contributed by atoms with Crippen molar-refractivity contribution in [3.63, 3.8) is 0 Å². The molecule has 2 heterocycles. The van der Waals surface area contributed by atoms with E-state index in [0.29, 0.717) is 11.5 Å². The molecule has 126 valence electrons. The number of non-ortho nitro benzene ring substituents is 1. The number of hydrogen-bond donors (Lipinski definition) is 0. The van der Waals surface area contributed by atoms with Crippen LogP contribution in [0.15, 0.2) is 54.6 Å². The van der Waals surface area contributed by atoms with Gasteiger partial charge in [0.25, 0.3) is 5.69 Å². The highest BCUT2D eigenvalue weighted by Gasteiger charge is 2.23. The molecule has 1 aliphatic carbocycles. The molecule has 26 heavy (non-hydrogen) atoms. The van der Waals surface area contributed by atoms with E-state index in [9.17, 15) is 10.1 Å². The lowest BCUT2D eigenvalue weighted by Gasteiger charge is -2.18. The van der Waals surface area contributed by atoms with E-state index in [1.165, 1.54) is 0 Å². The normalized spacial score (nSPS) is 12.6. The lowest BCUT2D eigenvalue weighted by atomic mass is 9.89. The first-order valence-corrected chi connectivity index (χ1v) is 8.29. The third kappa shape index (κ3) is 2.17. The van der Waals surface area contributed by atoms with Crippen LogP contribution in [-0.4, -0.2) is 24.7 Å². The zero-order chi connectivity index (χ0) is 17.7. The smallest absolute Gasteiger partial charge is 0.258 e. The van der Waals surface area contributed by atoms with Gasteiger partial charge in [-0.15, -0.1) is 10.2 Å². The topological polar surface area (TPSA) is 86.2 Å². The van der Waals surface area contributed by atoms with Crippen LogP contribution in [0.5, 0.6) is 0 Å². The number of hydrogen-bond acceptors (Lipinski definition) is 5. The molecular weight excluding hydrogens is 330 g/mol. The summed E-state index contributed by atoms with van der Waals surface area (Å²) < 4.78 is 1.71. The van der Waals surface area contributed by atoms with E-state index in [2.05, 4.69) is 10.2 Å². The van der Waals surface area contributed by atoms with Gasteiger partial charge in [0, 0.05) is 23.3 Å². The molecule has 0 unspecified atom stereocenters. The minimum absolute atomic E-state index is 0.0746. The molecule has 0 saturated heterocycles. The minimum atomic E-state index is -0.374. The summed E-state index contributed by atoms with van der Waals surface area (Å²) in [5.74, 6) is 0.654. The van der Waals surface area contributed by atoms with E-state index in [4.69, 9.17) is 5.10 Å². The fourth-order valence-corrected chi connectivity index (χ4v) is 3.44. The van der Waals surface area contributed by atoms with Crippen LogP contribution in [0.25, 0.3) is 28.3 Å². The molecule has 4 aromatic rings. The second-order valence-corrected chi connectivity index (χ2v) is 6.28. The van der Waals surface area contributed by atoms with Gasteiger partial charge in [-0.3, -0.25) is 10.1 Å². The van der Waals surface area contributed by atoms with Gasteiger partial charge in [0.15, 0.2) is 11.5 Å². The van der Waals surface area contributed by atoms with Gasteiger partial charge in [-0.25, -0.2) is 0 Å². The fourth-order valence-electron chi connectivity index (χ4n) is 3.44. The molecule has 7 nitrogen and oxygen atoms in total. The van der Waals surface area contributed by atoms with Crippen molar-refractivity contribution in [3.8, 4) is 22.6 Å². The Balaban J connectivity index is 1.75. The van der Waals surface area contributed by atoms with Crippen molar-refractivity contribution in [2.75, 3.05) is 0 Å². The third-order valence-electron chi connectivity index (χ3n) is 4.73. The Morgan fingerprint density at radius 2 is 1.77 bits per heavy atom. The molecule has 0 N–H and O–H groups in total. The SMILES string of the molecule is O=[N+]([O-])c1ccc2c(c1)-c1nn3c(-c4ccccc4)nnc3cc1CC2. The van der Waals surface area contributed by atoms with Crippen LogP contribution in [0.2, 0.25) is 0 Å². The molecule has 0 saturated carbocycles. The molecule has 1 aliphatic rings. The van der Waals surface area contributed by atoms with Gasteiger partial charge in [0.2, 0.25) is 0 Å². The number of aromatic nitrogens is 4. The van der Waals surface area contributed by atoms with Crippen molar-refractivity contribution in [3.05, 3.63) is 75.8 Å². The number of nitrogens with zero attached hydrogens (tertiary/aromatic N) is 5. The van der Waals surface area contributed by atoms with E-state index in [1.807, 2.05) is 42.5 Å². The van der Waals surface area contributed by atoms with Gasteiger partial charge in [0.1, 0.15) is 0 Å². The van der Waals surface area contributed by atoms with Crippen molar-refractivity contribution in [1.29, 1.82) is 0 Å². The number of nitro benzene ring substituents is 1. The highest BCUT2D eigenvalue weighted by molar-refractivity contribution is 5.73. The summed E-state index contributed by atoms with van der Waals surface area (Å²) in [6.45, 7) is 0. The number of nitro groups is 1. The summed E-state index contributed by atoms with van der Waals surface area (Å²) in [5, 5.41) is 24.5. The largest absolute Gasteiger partial charge is 0.270 e. The second kappa shape index (κ2) is 5.45. The standard InChI is InChI=1S/C19H13N5O2/c25-24(26)15-9-8-12-6-7-14-10-17-20-21-19(13-4-2-1-3-5-13)23(17)22-18(14)16(12)11-15/h1-5,8-11H,6-7H2. The van der Waals surface area contributed by atoms with Crippen LogP contribution in [0.1, 0.15) is 11.1 Å². The molecular formula is C19H13N5O2. The van der Waals surface area contributed by atoms with E-state index in [-0.39, 0.29) is 10.6 Å². The molecule has 0 radical (unpaired) electrons. The minimum Gasteiger partial charge on any atom is -0.258 e. The molecule has 0 spiro atoms. The monoisotopic (exact) mass is 343 g/mol. The zero-order valence-electron chi connectivity index (χ0n) is 13.7. The van der Waals surface area contributed by atoms with Crippen LogP contribution in [0.3, 0.4) is 0 Å². The van der Waals surface area contributed by atoms with Gasteiger partial charge in [-0.05, 0) is 30.0 Å². The molecule has 2 aromatic heterocycles. The molecule has 0 amide bonds. The summed E-state index contributed by atoms with van der Waals surface area (Å²) >= 11 is 0. The Kier molecular flexibility index (Phi) is 3.08. The highest BCUT2D eigenvalue weighted by atomic mass is 16.6. The first-order valence-electron chi connectivity index (χ1n) is 8.29. The highest BCUT2D eigenvalue weighted by Crippen LogP contribution is 2.35. The fraction of sp³-hybridized carbons (Fsp3) is 0.105. The van der Waals surface area contributed by atoms with Crippen LogP contribution in [0, 0.1) is 10.1 Å². The van der Waals surface area contributed by atoms with Gasteiger partial charge in [-0.2, -0.15) is 9.61 Å². The molecule has 2 aromatic carbocycles. The Morgan fingerprint density at radius 3 is 2.58 bits per heavy atom. The quantitative estimate of drug-likeness (QED) is 0.411. The molecule has 0 atom stereocenters.